The van der Waals surface area contributed by atoms with E-state index in [-0.39, 0.29) is 6.04 Å². The molecule has 1 saturated heterocycles. The third-order valence-corrected chi connectivity index (χ3v) is 8.07. The van der Waals surface area contributed by atoms with E-state index in [0.29, 0.717) is 5.92 Å². The van der Waals surface area contributed by atoms with Crippen LogP contribution in [0.2, 0.25) is 0 Å². The van der Waals surface area contributed by atoms with Gasteiger partial charge in [-0.05, 0) is 67.8 Å². The molecule has 6 heteroatoms. The second-order valence-electron chi connectivity index (χ2n) is 9.17. The van der Waals surface area contributed by atoms with Crippen LogP contribution in [0, 0.1) is 5.92 Å². The highest BCUT2D eigenvalue weighted by Crippen LogP contribution is 2.38. The van der Waals surface area contributed by atoms with Crippen LogP contribution in [-0.4, -0.2) is 40.8 Å². The van der Waals surface area contributed by atoms with Gasteiger partial charge < -0.3 is 14.3 Å². The largest absolute Gasteiger partial charge is 0.497 e. The van der Waals surface area contributed by atoms with Crippen LogP contribution in [0.3, 0.4) is 0 Å². The van der Waals surface area contributed by atoms with E-state index in [1.807, 2.05) is 24.3 Å². The summed E-state index contributed by atoms with van der Waals surface area (Å²) in [6.45, 7) is 9.14. The van der Waals surface area contributed by atoms with Crippen molar-refractivity contribution in [2.45, 2.75) is 38.5 Å². The molecule has 0 bridgehead atoms. The number of aromatic nitrogens is 1. The first-order chi connectivity index (χ1) is 15.8. The summed E-state index contributed by atoms with van der Waals surface area (Å²) in [5.74, 6) is 1.21. The number of aliphatic hydroxyl groups is 1. The van der Waals surface area contributed by atoms with E-state index in [9.17, 15) is 5.11 Å². The van der Waals surface area contributed by atoms with Crippen LogP contribution in [-0.2, 0) is 6.54 Å². The van der Waals surface area contributed by atoms with E-state index in [0.717, 1.165) is 68.1 Å². The van der Waals surface area contributed by atoms with Gasteiger partial charge in [0, 0.05) is 32.0 Å². The Morgan fingerprint density at radius 3 is 2.67 bits per heavy atom. The molecule has 2 heterocycles. The van der Waals surface area contributed by atoms with Crippen LogP contribution in [0.25, 0.3) is 10.9 Å². The number of aliphatic hydroxyl groups excluding tert-OH is 1. The standard InChI is InChI=1S/C27H31Br2N2O2/c1-4-19-6-5-11-31(16-19,17-20-12-21(28)14-22(29)13-20)18(2)27(32)24-9-10-30-26-8-7-23(33-3)15-25(24)26/h4,7-10,12-15,18-19,27,32H,1,5-6,11,16-17H2,2-3H3/q+1. The molecule has 1 fully saturated rings. The Kier molecular flexibility index (Phi) is 7.59. The normalized spacial score (nSPS) is 22.6. The Morgan fingerprint density at radius 2 is 1.97 bits per heavy atom. The van der Waals surface area contributed by atoms with Gasteiger partial charge in [-0.15, -0.1) is 6.58 Å². The number of rotatable bonds is 7. The SMILES string of the molecule is C=CC1CCC[N+](Cc2cc(Br)cc(Br)c2)(C(C)C(O)c2ccnc3ccc(OC)cc23)C1. The fourth-order valence-corrected chi connectivity index (χ4v) is 6.71. The lowest BCUT2D eigenvalue weighted by molar-refractivity contribution is -0.972. The van der Waals surface area contributed by atoms with E-state index in [2.05, 4.69) is 74.6 Å². The topological polar surface area (TPSA) is 42.4 Å². The highest BCUT2D eigenvalue weighted by Gasteiger charge is 2.43. The third-order valence-electron chi connectivity index (χ3n) is 7.15. The summed E-state index contributed by atoms with van der Waals surface area (Å²) in [5, 5.41) is 12.7. The van der Waals surface area contributed by atoms with Gasteiger partial charge in [-0.3, -0.25) is 4.98 Å². The molecule has 2 aromatic carbocycles. The minimum Gasteiger partial charge on any atom is -0.497 e. The van der Waals surface area contributed by atoms with Crippen LogP contribution in [0.1, 0.15) is 37.0 Å². The first-order valence-electron chi connectivity index (χ1n) is 11.4. The molecule has 4 unspecified atom stereocenters. The predicted octanol–water partition coefficient (Wildman–Crippen LogP) is 6.80. The highest BCUT2D eigenvalue weighted by molar-refractivity contribution is 9.11. The fourth-order valence-electron chi connectivity index (χ4n) is 5.32. The molecular weight excluding hydrogens is 544 g/mol. The van der Waals surface area contributed by atoms with Crippen LogP contribution in [0.4, 0.5) is 0 Å². The van der Waals surface area contributed by atoms with E-state index >= 15 is 0 Å². The van der Waals surface area contributed by atoms with Crippen LogP contribution in [0.5, 0.6) is 5.75 Å². The smallest absolute Gasteiger partial charge is 0.131 e. The number of hydrogen-bond donors (Lipinski definition) is 1. The first-order valence-corrected chi connectivity index (χ1v) is 13.0. The molecule has 1 aliphatic heterocycles. The first kappa shape index (κ1) is 24.4. The molecule has 1 aliphatic rings. The summed E-state index contributed by atoms with van der Waals surface area (Å²) in [6.07, 6.45) is 5.52. The van der Waals surface area contributed by atoms with Crippen molar-refractivity contribution >= 4 is 42.8 Å². The average Bonchev–Trinajstić information content (AvgIpc) is 2.81. The zero-order valence-electron chi connectivity index (χ0n) is 19.2. The molecule has 0 spiro atoms. The molecular formula is C27H31Br2N2O2+. The molecule has 0 aliphatic carbocycles. The van der Waals surface area contributed by atoms with Gasteiger partial charge in [0.15, 0.2) is 0 Å². The minimum absolute atomic E-state index is 0.0118. The molecule has 0 amide bonds. The maximum Gasteiger partial charge on any atom is 0.131 e. The van der Waals surface area contributed by atoms with Crippen molar-refractivity contribution in [3.05, 3.63) is 81.4 Å². The Hall–Kier alpha value is -1.73. The number of quaternary nitrogens is 1. The van der Waals surface area contributed by atoms with Gasteiger partial charge in [-0.25, -0.2) is 0 Å². The number of halogens is 2. The lowest BCUT2D eigenvalue weighted by Gasteiger charge is -2.49. The van der Waals surface area contributed by atoms with Gasteiger partial charge >= 0.3 is 0 Å². The summed E-state index contributed by atoms with van der Waals surface area (Å²) in [4.78, 5) is 4.51. The summed E-state index contributed by atoms with van der Waals surface area (Å²) in [7, 11) is 1.66. The monoisotopic (exact) mass is 573 g/mol. The van der Waals surface area contributed by atoms with E-state index in [4.69, 9.17) is 4.74 Å². The molecule has 174 valence electrons. The van der Waals surface area contributed by atoms with Gasteiger partial charge in [-0.1, -0.05) is 37.9 Å². The van der Waals surface area contributed by atoms with Crippen LogP contribution < -0.4 is 4.74 Å². The number of fused-ring (bicyclic) bond motifs is 1. The highest BCUT2D eigenvalue weighted by atomic mass is 79.9. The minimum atomic E-state index is -0.637. The zero-order valence-corrected chi connectivity index (χ0v) is 22.3. The quantitative estimate of drug-likeness (QED) is 0.249. The number of ether oxygens (including phenoxy) is 1. The lowest BCUT2D eigenvalue weighted by atomic mass is 9.89. The second-order valence-corrected chi connectivity index (χ2v) is 11.0. The van der Waals surface area contributed by atoms with Gasteiger partial charge in [0.2, 0.25) is 0 Å². The average molecular weight is 575 g/mol. The number of pyridine rings is 1. The Labute approximate surface area is 213 Å². The number of benzene rings is 2. The molecule has 0 saturated carbocycles. The third kappa shape index (κ3) is 5.19. The van der Waals surface area contributed by atoms with E-state index < -0.39 is 6.10 Å². The molecule has 4 nitrogen and oxygen atoms in total. The molecule has 3 aromatic rings. The van der Waals surface area contributed by atoms with Crippen molar-refractivity contribution in [3.63, 3.8) is 0 Å². The predicted molar refractivity (Wildman–Crippen MR) is 141 cm³/mol. The number of hydrogen-bond acceptors (Lipinski definition) is 3. The van der Waals surface area contributed by atoms with Crippen LogP contribution in [0.15, 0.2) is 70.3 Å². The summed E-state index contributed by atoms with van der Waals surface area (Å²) in [5.41, 5.74) is 3.02. The molecule has 4 atom stereocenters. The summed E-state index contributed by atoms with van der Waals surface area (Å²) < 4.78 is 8.38. The number of piperidine rings is 1. The van der Waals surface area contributed by atoms with Crippen LogP contribution >= 0.6 is 31.9 Å². The van der Waals surface area contributed by atoms with Crippen molar-refractivity contribution in [2.24, 2.45) is 5.92 Å². The number of likely N-dealkylation sites (tertiary alicyclic amines) is 1. The Bertz CT molecular complexity index is 1130. The van der Waals surface area contributed by atoms with Gasteiger partial charge in [0.1, 0.15) is 24.4 Å². The van der Waals surface area contributed by atoms with Crippen molar-refractivity contribution in [1.82, 2.24) is 4.98 Å². The van der Waals surface area contributed by atoms with Gasteiger partial charge in [0.25, 0.3) is 0 Å². The summed E-state index contributed by atoms with van der Waals surface area (Å²) in [6, 6.07) is 14.2. The number of nitrogens with zero attached hydrogens (tertiary/aromatic N) is 2. The Morgan fingerprint density at radius 1 is 1.21 bits per heavy atom. The van der Waals surface area contributed by atoms with Crippen molar-refractivity contribution in [2.75, 3.05) is 20.2 Å². The molecule has 1 aromatic heterocycles. The maximum atomic E-state index is 11.8. The molecule has 4 rings (SSSR count). The van der Waals surface area contributed by atoms with E-state index in [1.54, 1.807) is 13.3 Å². The van der Waals surface area contributed by atoms with Crippen molar-refractivity contribution in [1.29, 1.82) is 0 Å². The maximum absolute atomic E-state index is 11.8. The fraction of sp³-hybridized carbons (Fsp3) is 0.370. The Balaban J connectivity index is 1.75. The van der Waals surface area contributed by atoms with Gasteiger partial charge in [0.05, 0.1) is 25.7 Å². The number of methoxy groups -OCH3 is 1. The molecule has 1 N–H and O–H groups in total. The second kappa shape index (κ2) is 10.3. The zero-order chi connectivity index (χ0) is 23.6. The van der Waals surface area contributed by atoms with Crippen molar-refractivity contribution < 1.29 is 14.3 Å². The van der Waals surface area contributed by atoms with E-state index in [1.165, 1.54) is 5.56 Å². The van der Waals surface area contributed by atoms with Crippen molar-refractivity contribution in [3.8, 4) is 5.75 Å². The molecule has 0 radical (unpaired) electrons. The lowest BCUT2D eigenvalue weighted by Crippen LogP contribution is -2.60. The molecule has 33 heavy (non-hydrogen) atoms. The van der Waals surface area contributed by atoms with Gasteiger partial charge in [-0.2, -0.15) is 0 Å². The summed E-state index contributed by atoms with van der Waals surface area (Å²) >= 11 is 7.29.